The number of anilines is 2. The number of hydrogen-bond donors (Lipinski definition) is 1. The first-order chi connectivity index (χ1) is 18.5. The minimum Gasteiger partial charge on any atom is -0.372 e. The van der Waals surface area contributed by atoms with Gasteiger partial charge in [0.2, 0.25) is 0 Å². The van der Waals surface area contributed by atoms with Crippen molar-refractivity contribution in [2.75, 3.05) is 23.3 Å². The van der Waals surface area contributed by atoms with E-state index in [1.165, 1.54) is 41.2 Å². The van der Waals surface area contributed by atoms with Crippen LogP contribution in [0, 0.1) is 6.92 Å². The number of aromatic nitrogens is 1. The van der Waals surface area contributed by atoms with Crippen LogP contribution in [0.2, 0.25) is 0 Å². The number of aryl methyl sites for hydroxylation is 1. The maximum atomic E-state index is 13.9. The topological polar surface area (TPSA) is 66.7 Å². The number of benzene rings is 2. The summed E-state index contributed by atoms with van der Waals surface area (Å²) in [5.74, 6) is -0.251. The molecule has 0 bridgehead atoms. The summed E-state index contributed by atoms with van der Waals surface area (Å²) in [4.78, 5) is 36.1. The van der Waals surface area contributed by atoms with Crippen molar-refractivity contribution < 1.29 is 4.79 Å². The highest BCUT2D eigenvalue weighted by atomic mass is 32.1. The van der Waals surface area contributed by atoms with Crippen LogP contribution in [-0.4, -0.2) is 23.6 Å². The number of nitrogens with one attached hydrogen (secondary N) is 1. The second-order valence-corrected chi connectivity index (χ2v) is 11.6. The van der Waals surface area contributed by atoms with Crippen LogP contribution in [0.3, 0.4) is 0 Å². The van der Waals surface area contributed by atoms with Gasteiger partial charge in [0.05, 0.1) is 15.8 Å². The molecule has 1 saturated heterocycles. The Morgan fingerprint density at radius 3 is 2.55 bits per heavy atom. The molecule has 2 aliphatic heterocycles. The average molecular weight is 541 g/mol. The number of carbonyl (C=O) groups excluding carboxylic acids is 1. The van der Waals surface area contributed by atoms with Gasteiger partial charge in [-0.3, -0.25) is 14.2 Å². The van der Waals surface area contributed by atoms with Crippen LogP contribution < -0.4 is 25.1 Å². The summed E-state index contributed by atoms with van der Waals surface area (Å²) in [5, 5.41) is 4.96. The third-order valence-corrected chi connectivity index (χ3v) is 9.03. The van der Waals surface area contributed by atoms with Crippen molar-refractivity contribution in [3.05, 3.63) is 113 Å². The average Bonchev–Trinajstić information content (AvgIpc) is 3.68. The molecule has 1 fully saturated rings. The van der Waals surface area contributed by atoms with E-state index in [1.54, 1.807) is 4.57 Å². The third kappa shape index (κ3) is 4.54. The van der Waals surface area contributed by atoms with Crippen LogP contribution in [0.15, 0.2) is 87.1 Å². The largest absolute Gasteiger partial charge is 0.372 e. The van der Waals surface area contributed by atoms with Gasteiger partial charge in [0.1, 0.15) is 6.04 Å². The predicted molar refractivity (Wildman–Crippen MR) is 156 cm³/mol. The Morgan fingerprint density at radius 2 is 1.84 bits per heavy atom. The second-order valence-electron chi connectivity index (χ2n) is 9.65. The van der Waals surface area contributed by atoms with Crippen molar-refractivity contribution in [2.45, 2.75) is 32.7 Å². The van der Waals surface area contributed by atoms with E-state index in [0.29, 0.717) is 26.3 Å². The molecule has 0 saturated carbocycles. The Kier molecular flexibility index (Phi) is 6.59. The molecule has 0 aliphatic carbocycles. The Hall–Kier alpha value is -3.75. The minimum absolute atomic E-state index is 0.132. The number of hydrogen-bond acceptors (Lipinski definition) is 6. The van der Waals surface area contributed by atoms with Gasteiger partial charge in [-0.05, 0) is 79.6 Å². The Labute approximate surface area is 228 Å². The smallest absolute Gasteiger partial charge is 0.271 e. The second kappa shape index (κ2) is 10.2. The van der Waals surface area contributed by atoms with E-state index in [4.69, 9.17) is 4.99 Å². The predicted octanol–water partition coefficient (Wildman–Crippen LogP) is 4.84. The van der Waals surface area contributed by atoms with Gasteiger partial charge in [-0.2, -0.15) is 0 Å². The summed E-state index contributed by atoms with van der Waals surface area (Å²) in [6, 6.07) is 19.2. The van der Waals surface area contributed by atoms with E-state index in [9.17, 15) is 9.59 Å². The molecule has 2 aromatic carbocycles. The highest BCUT2D eigenvalue weighted by Crippen LogP contribution is 2.33. The Balaban J connectivity index is 1.42. The van der Waals surface area contributed by atoms with Gasteiger partial charge >= 0.3 is 0 Å². The van der Waals surface area contributed by atoms with Crippen LogP contribution in [0.1, 0.15) is 41.8 Å². The summed E-state index contributed by atoms with van der Waals surface area (Å²) in [6.45, 7) is 6.13. The first kappa shape index (κ1) is 24.6. The maximum absolute atomic E-state index is 13.9. The number of thiazole rings is 1. The molecular weight excluding hydrogens is 512 g/mol. The summed E-state index contributed by atoms with van der Waals surface area (Å²) < 4.78 is 2.29. The van der Waals surface area contributed by atoms with Crippen molar-refractivity contribution in [1.29, 1.82) is 0 Å². The van der Waals surface area contributed by atoms with E-state index in [0.717, 1.165) is 29.1 Å². The number of para-hydroxylation sites is 1. The fourth-order valence-corrected chi connectivity index (χ4v) is 7.04. The fourth-order valence-electron chi connectivity index (χ4n) is 5.18. The molecule has 1 atom stereocenters. The van der Waals surface area contributed by atoms with E-state index in [-0.39, 0.29) is 11.5 Å². The molecule has 2 aliphatic rings. The lowest BCUT2D eigenvalue weighted by molar-refractivity contribution is -0.113. The molecule has 0 spiro atoms. The summed E-state index contributed by atoms with van der Waals surface area (Å²) in [6.07, 6.45) is 4.43. The molecule has 4 heterocycles. The van der Waals surface area contributed by atoms with Crippen molar-refractivity contribution in [3.8, 4) is 0 Å². The molecule has 2 aromatic heterocycles. The molecular formula is C30H28N4O2S2. The number of carbonyl (C=O) groups is 1. The molecule has 6 rings (SSSR count). The van der Waals surface area contributed by atoms with Crippen molar-refractivity contribution in [2.24, 2.45) is 4.99 Å². The number of amides is 1. The lowest BCUT2D eigenvalue weighted by atomic mass is 10.0. The summed E-state index contributed by atoms with van der Waals surface area (Å²) in [5.41, 5.74) is 5.07. The van der Waals surface area contributed by atoms with E-state index >= 15 is 0 Å². The maximum Gasteiger partial charge on any atom is 0.271 e. The quantitative estimate of drug-likeness (QED) is 0.394. The molecule has 6 nitrogen and oxygen atoms in total. The van der Waals surface area contributed by atoms with E-state index in [2.05, 4.69) is 35.3 Å². The van der Waals surface area contributed by atoms with Crippen LogP contribution in [0.25, 0.3) is 6.08 Å². The fraction of sp³-hybridized carbons (Fsp3) is 0.233. The van der Waals surface area contributed by atoms with Crippen molar-refractivity contribution >= 4 is 46.0 Å². The summed E-state index contributed by atoms with van der Waals surface area (Å²) in [7, 11) is 0. The summed E-state index contributed by atoms with van der Waals surface area (Å²) >= 11 is 2.91. The van der Waals surface area contributed by atoms with Crippen molar-refractivity contribution in [1.82, 2.24) is 4.57 Å². The number of fused-ring (bicyclic) bond motifs is 1. The Bertz CT molecular complexity index is 1710. The van der Waals surface area contributed by atoms with Crippen LogP contribution in [-0.2, 0) is 4.79 Å². The van der Waals surface area contributed by atoms with Crippen LogP contribution in [0.4, 0.5) is 11.4 Å². The molecule has 4 aromatic rings. The number of thiophene rings is 1. The molecule has 0 unspecified atom stereocenters. The third-order valence-electron chi connectivity index (χ3n) is 7.12. The Morgan fingerprint density at radius 1 is 1.05 bits per heavy atom. The van der Waals surface area contributed by atoms with Crippen molar-refractivity contribution in [3.63, 3.8) is 0 Å². The van der Waals surface area contributed by atoms with Gasteiger partial charge in [-0.1, -0.05) is 41.7 Å². The molecule has 38 heavy (non-hydrogen) atoms. The van der Waals surface area contributed by atoms with Crippen LogP contribution >= 0.6 is 22.7 Å². The minimum atomic E-state index is -0.532. The normalized spacial score (nSPS) is 17.5. The van der Waals surface area contributed by atoms with Gasteiger partial charge in [0.25, 0.3) is 11.5 Å². The molecule has 0 radical (unpaired) electrons. The van der Waals surface area contributed by atoms with Gasteiger partial charge < -0.3 is 10.2 Å². The number of allylic oxidation sites excluding steroid dienone is 1. The lowest BCUT2D eigenvalue weighted by Gasteiger charge is -2.24. The van der Waals surface area contributed by atoms with Gasteiger partial charge in [-0.15, -0.1) is 11.3 Å². The molecule has 1 N–H and O–H groups in total. The first-order valence-corrected chi connectivity index (χ1v) is 14.5. The SMILES string of the molecule is CC1=C(C(=O)Nc2ccccc2)[C@H](c2cccs2)n2c(s/c(=C/c3ccc(N4CCCC4)cc3C)c2=O)=N1. The standard InChI is InChI=1S/C30H28N4O2S2/c1-19-17-23(33-14-6-7-15-33)13-12-21(19)18-25-29(36)34-27(24-11-8-16-37-24)26(20(2)31-30(34)38-25)28(35)32-22-9-4-3-5-10-22/h3-5,8-13,16-18,27H,6-7,14-15H2,1-2H3,(H,32,35)/b25-18+/t27-/m0/s1. The monoisotopic (exact) mass is 540 g/mol. The van der Waals surface area contributed by atoms with Gasteiger partial charge in [0.15, 0.2) is 4.80 Å². The van der Waals surface area contributed by atoms with E-state index < -0.39 is 6.04 Å². The molecule has 8 heteroatoms. The highest BCUT2D eigenvalue weighted by molar-refractivity contribution is 7.10. The molecule has 1 amide bonds. The van der Waals surface area contributed by atoms with Crippen LogP contribution in [0.5, 0.6) is 0 Å². The highest BCUT2D eigenvalue weighted by Gasteiger charge is 2.33. The zero-order valence-electron chi connectivity index (χ0n) is 21.3. The lowest BCUT2D eigenvalue weighted by Crippen LogP contribution is -2.40. The first-order valence-electron chi connectivity index (χ1n) is 12.8. The molecule has 192 valence electrons. The van der Waals surface area contributed by atoms with Gasteiger partial charge in [-0.25, -0.2) is 4.99 Å². The zero-order valence-corrected chi connectivity index (χ0v) is 22.9. The zero-order chi connectivity index (χ0) is 26.2. The number of rotatable bonds is 5. The number of nitrogens with zero attached hydrogens (tertiary/aromatic N) is 3. The van der Waals surface area contributed by atoms with Gasteiger partial charge in [0, 0.05) is 29.3 Å². The van der Waals surface area contributed by atoms with E-state index in [1.807, 2.05) is 60.8 Å².